The van der Waals surface area contributed by atoms with Gasteiger partial charge in [0, 0.05) is 17.8 Å². The molecule has 0 radical (unpaired) electrons. The van der Waals surface area contributed by atoms with E-state index in [-0.39, 0.29) is 17.5 Å². The predicted octanol–water partition coefficient (Wildman–Crippen LogP) is 2.63. The number of ether oxygens (including phenoxy) is 1. The van der Waals surface area contributed by atoms with Crippen molar-refractivity contribution in [3.05, 3.63) is 23.3 Å². The molecule has 3 rings (SSSR count). The molecule has 34 heavy (non-hydrogen) atoms. The Morgan fingerprint density at radius 1 is 1.12 bits per heavy atom. The molecule has 1 unspecified atom stereocenters. The molecule has 1 spiro atoms. The Morgan fingerprint density at radius 3 is 2.38 bits per heavy atom. The van der Waals surface area contributed by atoms with Crippen molar-refractivity contribution in [2.75, 3.05) is 6.61 Å². The Balaban J connectivity index is 2.02. The second-order valence-electron chi connectivity index (χ2n) is 11.5. The summed E-state index contributed by atoms with van der Waals surface area (Å²) >= 11 is 0. The van der Waals surface area contributed by atoms with Crippen LogP contribution in [0, 0.1) is 22.7 Å². The van der Waals surface area contributed by atoms with Gasteiger partial charge in [0.2, 0.25) is 0 Å². The first kappa shape index (κ1) is 27.3. The van der Waals surface area contributed by atoms with E-state index in [0.717, 1.165) is 32.1 Å². The molecule has 0 aliphatic heterocycles. The molecule has 194 valence electrons. The molecule has 0 aromatic rings. The van der Waals surface area contributed by atoms with Gasteiger partial charge in [-0.1, -0.05) is 65.5 Å². The largest absolute Gasteiger partial charge is 0.461 e. The van der Waals surface area contributed by atoms with Crippen LogP contribution < -0.4 is 0 Å². The van der Waals surface area contributed by atoms with Gasteiger partial charge in [0.15, 0.2) is 0 Å². The maximum absolute atomic E-state index is 12.9. The van der Waals surface area contributed by atoms with Crippen molar-refractivity contribution in [3.8, 4) is 0 Å². The highest BCUT2D eigenvalue weighted by atomic mass is 16.5. The molecule has 1 fully saturated rings. The molecular weight excluding hydrogens is 436 g/mol. The molecule has 2 bridgehead atoms. The van der Waals surface area contributed by atoms with E-state index in [0.29, 0.717) is 18.4 Å². The number of carbonyl (C=O) groups is 1. The van der Waals surface area contributed by atoms with Crippen molar-refractivity contribution in [1.82, 2.24) is 0 Å². The number of hydrogen-bond acceptors (Lipinski definition) is 7. The Labute approximate surface area is 203 Å². The van der Waals surface area contributed by atoms with Crippen LogP contribution in [0.1, 0.15) is 79.6 Å². The van der Waals surface area contributed by atoms with Crippen molar-refractivity contribution >= 4 is 5.97 Å². The summed E-state index contributed by atoms with van der Waals surface area (Å²) in [5, 5.41) is 56.1. The lowest BCUT2D eigenvalue weighted by Crippen LogP contribution is -2.66. The number of fused-ring (bicyclic) bond motifs is 1. The maximum Gasteiger partial charge on any atom is 0.306 e. The number of hydrogen-bond donors (Lipinski definition) is 5. The number of rotatable bonds is 8. The lowest BCUT2D eigenvalue weighted by atomic mass is 9.58. The highest BCUT2D eigenvalue weighted by Gasteiger charge is 2.71. The molecule has 0 aromatic heterocycles. The number of esters is 1. The number of carbonyl (C=O) groups excluding carboxylic acids is 1. The van der Waals surface area contributed by atoms with Gasteiger partial charge in [-0.05, 0) is 36.8 Å². The first-order chi connectivity index (χ1) is 15.9. The van der Waals surface area contributed by atoms with Crippen LogP contribution in [0.2, 0.25) is 0 Å². The van der Waals surface area contributed by atoms with Crippen molar-refractivity contribution in [2.45, 2.75) is 110 Å². The Hall–Kier alpha value is -1.25. The van der Waals surface area contributed by atoms with E-state index >= 15 is 0 Å². The third-order valence-electron chi connectivity index (χ3n) is 8.73. The van der Waals surface area contributed by atoms with E-state index in [1.165, 1.54) is 0 Å². The van der Waals surface area contributed by atoms with E-state index < -0.39 is 53.4 Å². The molecule has 5 N–H and O–H groups in total. The molecule has 0 saturated heterocycles. The van der Waals surface area contributed by atoms with Crippen LogP contribution in [0.15, 0.2) is 23.3 Å². The summed E-state index contributed by atoms with van der Waals surface area (Å²) in [5.41, 5.74) is -3.49. The summed E-state index contributed by atoms with van der Waals surface area (Å²) < 4.78 is 6.04. The molecule has 0 aromatic carbocycles. The molecule has 7 nitrogen and oxygen atoms in total. The second kappa shape index (κ2) is 10.0. The van der Waals surface area contributed by atoms with Crippen LogP contribution in [0.5, 0.6) is 0 Å². The lowest BCUT2D eigenvalue weighted by molar-refractivity contribution is -0.215. The van der Waals surface area contributed by atoms with Gasteiger partial charge < -0.3 is 30.3 Å². The van der Waals surface area contributed by atoms with E-state index in [4.69, 9.17) is 4.74 Å². The molecule has 3 aliphatic rings. The van der Waals surface area contributed by atoms with Gasteiger partial charge in [-0.25, -0.2) is 0 Å². The quantitative estimate of drug-likeness (QED) is 0.205. The van der Waals surface area contributed by atoms with Crippen LogP contribution in [0.3, 0.4) is 0 Å². The molecule has 0 amide bonds. The van der Waals surface area contributed by atoms with Gasteiger partial charge in [0.1, 0.15) is 23.9 Å². The van der Waals surface area contributed by atoms with E-state index in [9.17, 15) is 30.3 Å². The lowest BCUT2D eigenvalue weighted by Gasteiger charge is -2.51. The minimum absolute atomic E-state index is 0.112. The maximum atomic E-state index is 12.9. The minimum Gasteiger partial charge on any atom is -0.461 e. The van der Waals surface area contributed by atoms with E-state index in [1.807, 2.05) is 20.8 Å². The first-order valence-corrected chi connectivity index (χ1v) is 12.8. The Morgan fingerprint density at radius 2 is 1.76 bits per heavy atom. The average Bonchev–Trinajstić information content (AvgIpc) is 2.92. The molecule has 3 aliphatic carbocycles. The van der Waals surface area contributed by atoms with Crippen molar-refractivity contribution < 1.29 is 35.1 Å². The standard InChI is InChI=1S/C27H44O7/c1-6-7-8-9-10-11-20(29)34-24-19-12-18(15-28)22(31)27(33)21(30)16(2)13-26(27,23(19)32)17(3)14-25(24,4)5/h12-13,17,19,21-24,28,30-33H,6-11,14-15H2,1-5H3/t17-,19-,21+,22-,23?,24-,26+,27-/m1/s1. The topological polar surface area (TPSA) is 127 Å². The van der Waals surface area contributed by atoms with Gasteiger partial charge in [-0.3, -0.25) is 4.79 Å². The van der Waals surface area contributed by atoms with Crippen LogP contribution >= 0.6 is 0 Å². The summed E-state index contributed by atoms with van der Waals surface area (Å²) in [4.78, 5) is 12.9. The average molecular weight is 481 g/mol. The fourth-order valence-corrected chi connectivity index (χ4v) is 7.02. The number of unbranched alkanes of at least 4 members (excludes halogenated alkanes) is 4. The van der Waals surface area contributed by atoms with Gasteiger partial charge in [0.05, 0.1) is 18.1 Å². The van der Waals surface area contributed by atoms with Crippen LogP contribution in [-0.4, -0.2) is 68.1 Å². The summed E-state index contributed by atoms with van der Waals surface area (Å²) in [5.74, 6) is -1.47. The summed E-state index contributed by atoms with van der Waals surface area (Å²) in [6.45, 7) is 9.10. The molecular formula is C27H44O7. The third-order valence-corrected chi connectivity index (χ3v) is 8.73. The zero-order valence-corrected chi connectivity index (χ0v) is 21.3. The fourth-order valence-electron chi connectivity index (χ4n) is 7.02. The zero-order valence-electron chi connectivity index (χ0n) is 21.3. The fraction of sp³-hybridized carbons (Fsp3) is 0.815. The zero-order chi connectivity index (χ0) is 25.5. The molecule has 0 heterocycles. The van der Waals surface area contributed by atoms with Gasteiger partial charge in [0.25, 0.3) is 0 Å². The highest BCUT2D eigenvalue weighted by Crippen LogP contribution is 2.62. The summed E-state index contributed by atoms with van der Waals surface area (Å²) in [7, 11) is 0. The first-order valence-electron chi connectivity index (χ1n) is 12.8. The number of aliphatic hydroxyl groups is 5. The van der Waals surface area contributed by atoms with E-state index in [2.05, 4.69) is 6.92 Å². The third kappa shape index (κ3) is 4.17. The highest BCUT2D eigenvalue weighted by molar-refractivity contribution is 5.69. The summed E-state index contributed by atoms with van der Waals surface area (Å²) in [6.07, 6.45) is 4.11. The second-order valence-corrected chi connectivity index (χ2v) is 11.5. The Kier molecular flexibility index (Phi) is 8.05. The van der Waals surface area contributed by atoms with Crippen LogP contribution in [-0.2, 0) is 9.53 Å². The molecule has 8 atom stereocenters. The minimum atomic E-state index is -2.12. The van der Waals surface area contributed by atoms with Crippen LogP contribution in [0.4, 0.5) is 0 Å². The van der Waals surface area contributed by atoms with Crippen molar-refractivity contribution in [3.63, 3.8) is 0 Å². The SMILES string of the molecule is CCCCCCCC(=O)O[C@@H]1[C@@H]2C=C(CO)[C@@H](O)[C@]3(O)[C@@H](O)C(C)=C[C@@]3(C2O)[C@H](C)CC1(C)C. The van der Waals surface area contributed by atoms with Gasteiger partial charge >= 0.3 is 5.97 Å². The Bertz CT molecular complexity index is 818. The predicted molar refractivity (Wildman–Crippen MR) is 129 cm³/mol. The smallest absolute Gasteiger partial charge is 0.306 e. The van der Waals surface area contributed by atoms with Crippen LogP contribution in [0.25, 0.3) is 0 Å². The van der Waals surface area contributed by atoms with Gasteiger partial charge in [-0.15, -0.1) is 0 Å². The normalized spacial score (nSPS) is 41.1. The van der Waals surface area contributed by atoms with Gasteiger partial charge in [-0.2, -0.15) is 0 Å². The van der Waals surface area contributed by atoms with Crippen molar-refractivity contribution in [2.24, 2.45) is 22.7 Å². The molecule has 7 heteroatoms. The van der Waals surface area contributed by atoms with Crippen molar-refractivity contribution in [1.29, 1.82) is 0 Å². The van der Waals surface area contributed by atoms with E-state index in [1.54, 1.807) is 19.1 Å². The number of aliphatic hydroxyl groups excluding tert-OH is 4. The molecule has 1 saturated carbocycles. The summed E-state index contributed by atoms with van der Waals surface area (Å²) in [6, 6.07) is 0. The monoisotopic (exact) mass is 480 g/mol.